The smallest absolute Gasteiger partial charge is 0.415 e. The average Bonchev–Trinajstić information content (AvgIpc) is 3.17. The summed E-state index contributed by atoms with van der Waals surface area (Å²) in [4.78, 5) is 11.2. The van der Waals surface area contributed by atoms with Gasteiger partial charge >= 0.3 is 6.18 Å². The molecule has 0 aliphatic carbocycles. The van der Waals surface area contributed by atoms with Crippen LogP contribution in [0.5, 0.6) is 0 Å². The molecule has 1 N–H and O–H groups in total. The van der Waals surface area contributed by atoms with E-state index in [1.807, 2.05) is 14.0 Å². The van der Waals surface area contributed by atoms with Gasteiger partial charge in [0.25, 0.3) is 11.6 Å². The molecule has 10 heteroatoms. The van der Waals surface area contributed by atoms with Gasteiger partial charge in [0.2, 0.25) is 5.89 Å². The molecule has 2 aromatic carbocycles. The van der Waals surface area contributed by atoms with Gasteiger partial charge in [-0.25, -0.2) is 0 Å². The topological polar surface area (TPSA) is 86.5 Å². The monoisotopic (exact) mass is 407 g/mol. The molecule has 1 unspecified atom stereocenters. The highest BCUT2D eigenvalue weighted by atomic mass is 19.4. The van der Waals surface area contributed by atoms with Crippen molar-refractivity contribution >= 4 is 5.69 Å². The number of nitro groups is 1. The fourth-order valence-electron chi connectivity index (χ4n) is 2.75. The summed E-state index contributed by atoms with van der Waals surface area (Å²) in [5, 5.41) is 18.8. The summed E-state index contributed by atoms with van der Waals surface area (Å²) in [6, 6.07) is 10.6. The Morgan fingerprint density at radius 3 is 2.28 bits per heavy atom. The van der Waals surface area contributed by atoms with Crippen molar-refractivity contribution < 1.29 is 27.4 Å². The lowest BCUT2D eigenvalue weighted by atomic mass is 10.1. The van der Waals surface area contributed by atoms with Crippen LogP contribution in [-0.2, 0) is 12.7 Å². The van der Waals surface area contributed by atoms with Crippen LogP contribution in [0.2, 0.25) is 0 Å². The minimum absolute atomic E-state index is 0.0393. The van der Waals surface area contributed by atoms with Gasteiger partial charge in [-0.2, -0.15) is 13.2 Å². The highest BCUT2D eigenvalue weighted by Crippen LogP contribution is 2.29. The molecule has 0 saturated carbocycles. The van der Waals surface area contributed by atoms with E-state index in [0.717, 1.165) is 22.6 Å². The summed E-state index contributed by atoms with van der Waals surface area (Å²) in [5.41, 5.74) is 0.582. The van der Waals surface area contributed by atoms with Gasteiger partial charge in [0.1, 0.15) is 6.54 Å². The largest absolute Gasteiger partial charge is 0.416 e. The molecule has 0 radical (unpaired) electrons. The average molecular weight is 407 g/mol. The van der Waals surface area contributed by atoms with Crippen LogP contribution in [0.25, 0.3) is 11.5 Å². The lowest BCUT2D eigenvalue weighted by Gasteiger charge is -2.19. The van der Waals surface area contributed by atoms with Gasteiger partial charge in [-0.15, -0.1) is 10.2 Å². The molecule has 0 saturated heterocycles. The Morgan fingerprint density at radius 1 is 1.10 bits per heavy atom. The molecular formula is C19H18F3N4O3+. The van der Waals surface area contributed by atoms with Crippen LogP contribution >= 0.6 is 0 Å². The van der Waals surface area contributed by atoms with Crippen molar-refractivity contribution in [2.75, 3.05) is 7.05 Å². The summed E-state index contributed by atoms with van der Waals surface area (Å²) in [6.45, 7) is 2.33. The number of quaternary nitrogens is 1. The number of non-ortho nitro benzene ring substituents is 1. The Bertz CT molecular complexity index is 985. The van der Waals surface area contributed by atoms with E-state index >= 15 is 0 Å². The maximum absolute atomic E-state index is 12.7. The summed E-state index contributed by atoms with van der Waals surface area (Å²) in [7, 11) is 1.87. The number of nitro benzene ring substituents is 1. The molecule has 0 aliphatic rings. The minimum atomic E-state index is -4.36. The van der Waals surface area contributed by atoms with Gasteiger partial charge < -0.3 is 9.32 Å². The van der Waals surface area contributed by atoms with Crippen LogP contribution in [0.1, 0.15) is 30.0 Å². The summed E-state index contributed by atoms with van der Waals surface area (Å²) < 4.78 is 43.7. The van der Waals surface area contributed by atoms with Gasteiger partial charge in [0.15, 0.2) is 6.04 Å². The molecule has 0 amide bonds. The quantitative estimate of drug-likeness (QED) is 0.500. The van der Waals surface area contributed by atoms with Crippen LogP contribution in [0.3, 0.4) is 0 Å². The molecule has 3 aromatic rings. The van der Waals surface area contributed by atoms with E-state index in [2.05, 4.69) is 10.2 Å². The molecule has 1 heterocycles. The predicted molar refractivity (Wildman–Crippen MR) is 96.8 cm³/mol. The molecule has 2 atom stereocenters. The molecule has 1 aromatic heterocycles. The van der Waals surface area contributed by atoms with Crippen LogP contribution in [-0.4, -0.2) is 22.2 Å². The molecule has 7 nitrogen and oxygen atoms in total. The van der Waals surface area contributed by atoms with Crippen molar-refractivity contribution in [3.63, 3.8) is 0 Å². The van der Waals surface area contributed by atoms with E-state index in [-0.39, 0.29) is 17.6 Å². The second-order valence-corrected chi connectivity index (χ2v) is 6.69. The van der Waals surface area contributed by atoms with Crippen molar-refractivity contribution in [3.8, 4) is 11.5 Å². The van der Waals surface area contributed by atoms with E-state index in [9.17, 15) is 23.3 Å². The molecule has 0 spiro atoms. The maximum Gasteiger partial charge on any atom is 0.416 e. The zero-order chi connectivity index (χ0) is 21.2. The first-order valence-electron chi connectivity index (χ1n) is 8.72. The van der Waals surface area contributed by atoms with Gasteiger partial charge in [-0.1, -0.05) is 12.1 Å². The Morgan fingerprint density at radius 2 is 1.72 bits per heavy atom. The second kappa shape index (κ2) is 8.00. The van der Waals surface area contributed by atoms with Crippen molar-refractivity contribution in [1.29, 1.82) is 0 Å². The van der Waals surface area contributed by atoms with Gasteiger partial charge in [0, 0.05) is 23.3 Å². The first kappa shape index (κ1) is 20.5. The van der Waals surface area contributed by atoms with Crippen LogP contribution in [0, 0.1) is 10.1 Å². The van der Waals surface area contributed by atoms with Crippen molar-refractivity contribution in [2.45, 2.75) is 25.7 Å². The van der Waals surface area contributed by atoms with Crippen LogP contribution in [0.15, 0.2) is 52.9 Å². The number of benzene rings is 2. The molecule has 3 rings (SSSR count). The lowest BCUT2D eigenvalue weighted by Crippen LogP contribution is -3.07. The van der Waals surface area contributed by atoms with Crippen molar-refractivity contribution in [3.05, 3.63) is 75.7 Å². The standard InChI is InChI=1S/C19H17F3N4O3/c1-12(25(2)11-13-3-7-15(8-4-13)19(20,21)22)17-23-24-18(29-17)14-5-9-16(10-6-14)26(27)28/h3-10,12H,11H2,1-2H3/p+1/t12-/m0/s1. The van der Waals surface area contributed by atoms with Crippen LogP contribution in [0.4, 0.5) is 18.9 Å². The third-order valence-electron chi connectivity index (χ3n) is 4.64. The van der Waals surface area contributed by atoms with Gasteiger partial charge in [0.05, 0.1) is 17.5 Å². The summed E-state index contributed by atoms with van der Waals surface area (Å²) in [6.07, 6.45) is -4.36. The van der Waals surface area contributed by atoms with E-state index in [1.165, 1.54) is 36.4 Å². The van der Waals surface area contributed by atoms with Gasteiger partial charge in [-0.3, -0.25) is 10.1 Å². The summed E-state index contributed by atoms with van der Waals surface area (Å²) >= 11 is 0. The summed E-state index contributed by atoms with van der Waals surface area (Å²) in [5.74, 6) is 0.604. The number of hydrogen-bond donors (Lipinski definition) is 1. The number of nitrogens with one attached hydrogen (secondary N) is 1. The zero-order valence-electron chi connectivity index (χ0n) is 15.6. The van der Waals surface area contributed by atoms with E-state index in [1.54, 1.807) is 0 Å². The Balaban J connectivity index is 1.68. The second-order valence-electron chi connectivity index (χ2n) is 6.69. The zero-order valence-corrected chi connectivity index (χ0v) is 15.6. The fraction of sp³-hybridized carbons (Fsp3) is 0.263. The number of hydrogen-bond acceptors (Lipinski definition) is 5. The van der Waals surface area contributed by atoms with E-state index in [0.29, 0.717) is 18.0 Å². The number of nitrogens with zero attached hydrogens (tertiary/aromatic N) is 3. The first-order valence-corrected chi connectivity index (χ1v) is 8.72. The minimum Gasteiger partial charge on any atom is -0.415 e. The third kappa shape index (κ3) is 4.77. The Labute approximate surface area is 163 Å². The number of alkyl halides is 3. The number of rotatable bonds is 6. The lowest BCUT2D eigenvalue weighted by molar-refractivity contribution is -0.925. The fourth-order valence-corrected chi connectivity index (χ4v) is 2.75. The first-order chi connectivity index (χ1) is 13.6. The third-order valence-corrected chi connectivity index (χ3v) is 4.64. The Hall–Kier alpha value is -3.27. The van der Waals surface area contributed by atoms with Crippen LogP contribution < -0.4 is 4.90 Å². The SMILES string of the molecule is C[C@@H](c1nnc(-c2ccc([N+](=O)[O-])cc2)o1)[NH+](C)Cc1ccc(C(F)(F)F)cc1. The number of halogens is 3. The predicted octanol–water partition coefficient (Wildman–Crippen LogP) is 3.44. The molecule has 0 aliphatic heterocycles. The molecule has 0 bridgehead atoms. The molecule has 29 heavy (non-hydrogen) atoms. The van der Waals surface area contributed by atoms with E-state index in [4.69, 9.17) is 4.42 Å². The highest BCUT2D eigenvalue weighted by molar-refractivity contribution is 5.55. The van der Waals surface area contributed by atoms with Crippen molar-refractivity contribution in [1.82, 2.24) is 10.2 Å². The van der Waals surface area contributed by atoms with Crippen molar-refractivity contribution in [2.24, 2.45) is 0 Å². The normalized spacial score (nSPS) is 13.8. The van der Waals surface area contributed by atoms with Gasteiger partial charge in [-0.05, 0) is 31.2 Å². The van der Waals surface area contributed by atoms with E-state index < -0.39 is 16.7 Å². The Kier molecular flexibility index (Phi) is 5.64. The highest BCUT2D eigenvalue weighted by Gasteiger charge is 2.30. The molecule has 0 fully saturated rings. The molecule has 152 valence electrons. The molecular weight excluding hydrogens is 389 g/mol. The maximum atomic E-state index is 12.7. The number of aromatic nitrogens is 2.